The monoisotopic (exact) mass is 462 g/mol. The van der Waals surface area contributed by atoms with Crippen LogP contribution in [0.1, 0.15) is 31.6 Å². The molecule has 0 unspecified atom stereocenters. The van der Waals surface area contributed by atoms with Crippen LogP contribution in [0.2, 0.25) is 5.02 Å². The maximum absolute atomic E-state index is 12.9. The Balaban J connectivity index is 2.08. The number of nitrogens with zero attached hydrogens (tertiary/aromatic N) is 2. The molecule has 0 aliphatic rings. The normalized spacial score (nSPS) is 10.8. The number of carbonyl (C=O) groups is 1. The molecule has 0 atom stereocenters. The highest BCUT2D eigenvalue weighted by Crippen LogP contribution is 2.37. The van der Waals surface area contributed by atoms with E-state index in [9.17, 15) is 4.79 Å². The fraction of sp³-hybridized carbons (Fsp3) is 0.238. The van der Waals surface area contributed by atoms with Crippen molar-refractivity contribution in [1.82, 2.24) is 4.98 Å². The molecule has 2 aromatic carbocycles. The van der Waals surface area contributed by atoms with Gasteiger partial charge in [-0.2, -0.15) is 0 Å². The van der Waals surface area contributed by atoms with Gasteiger partial charge in [0.2, 0.25) is 5.91 Å². The summed E-state index contributed by atoms with van der Waals surface area (Å²) in [5.74, 6) is 0.0545. The Bertz CT molecular complexity index is 922. The quantitative estimate of drug-likeness (QED) is 0.385. The fourth-order valence-electron chi connectivity index (χ4n) is 2.78. The second-order valence-corrected chi connectivity index (χ2v) is 8.50. The van der Waals surface area contributed by atoms with Crippen molar-refractivity contribution in [3.63, 3.8) is 0 Å². The number of rotatable bonds is 6. The second-order valence-electron chi connectivity index (χ2n) is 6.08. The summed E-state index contributed by atoms with van der Waals surface area (Å²) in [6.45, 7) is 4.12. The third kappa shape index (κ3) is 4.60. The number of benzene rings is 2. The van der Waals surface area contributed by atoms with Crippen LogP contribution in [-0.2, 0) is 11.2 Å². The Morgan fingerprint density at radius 1 is 1.11 bits per heavy atom. The Morgan fingerprint density at radius 2 is 1.78 bits per heavy atom. The van der Waals surface area contributed by atoms with Crippen molar-refractivity contribution in [3.8, 4) is 11.3 Å². The minimum Gasteiger partial charge on any atom is -0.274 e. The molecular formula is C21H20BrClN2OS. The second kappa shape index (κ2) is 9.00. The molecule has 0 aliphatic heterocycles. The van der Waals surface area contributed by atoms with Crippen LogP contribution in [0.3, 0.4) is 0 Å². The largest absolute Gasteiger partial charge is 0.274 e. The third-order valence-electron chi connectivity index (χ3n) is 4.11. The molecule has 0 bridgehead atoms. The van der Waals surface area contributed by atoms with E-state index in [1.54, 1.807) is 16.2 Å². The molecule has 1 amide bonds. The molecule has 0 aliphatic carbocycles. The first-order chi connectivity index (χ1) is 13.0. The number of aromatic nitrogens is 1. The molecule has 0 radical (unpaired) electrons. The average Bonchev–Trinajstić information content (AvgIpc) is 3.08. The highest BCUT2D eigenvalue weighted by Gasteiger charge is 2.23. The summed E-state index contributed by atoms with van der Waals surface area (Å²) in [4.78, 5) is 20.6. The first-order valence-corrected chi connectivity index (χ1v) is 10.9. The summed E-state index contributed by atoms with van der Waals surface area (Å²) < 4.78 is 0.976. The van der Waals surface area contributed by atoms with Gasteiger partial charge in [-0.1, -0.05) is 53.5 Å². The van der Waals surface area contributed by atoms with E-state index in [0.717, 1.165) is 39.1 Å². The van der Waals surface area contributed by atoms with Gasteiger partial charge in [0.1, 0.15) is 0 Å². The molecule has 3 rings (SSSR count). The minimum absolute atomic E-state index is 0.0545. The van der Waals surface area contributed by atoms with E-state index in [4.69, 9.17) is 16.6 Å². The van der Waals surface area contributed by atoms with Gasteiger partial charge in [-0.3, -0.25) is 9.69 Å². The van der Waals surface area contributed by atoms with E-state index in [-0.39, 0.29) is 5.91 Å². The number of thiazole rings is 1. The van der Waals surface area contributed by atoms with Crippen molar-refractivity contribution in [3.05, 3.63) is 62.9 Å². The lowest BCUT2D eigenvalue weighted by molar-refractivity contribution is -0.117. The van der Waals surface area contributed by atoms with Crippen molar-refractivity contribution in [2.45, 2.75) is 33.1 Å². The zero-order chi connectivity index (χ0) is 19.4. The predicted molar refractivity (Wildman–Crippen MR) is 118 cm³/mol. The maximum atomic E-state index is 12.9. The Hall–Kier alpha value is -1.69. The van der Waals surface area contributed by atoms with Gasteiger partial charge < -0.3 is 0 Å². The van der Waals surface area contributed by atoms with Gasteiger partial charge in [0, 0.05) is 26.4 Å². The highest BCUT2D eigenvalue weighted by atomic mass is 79.9. The molecule has 1 heterocycles. The molecular weight excluding hydrogens is 444 g/mol. The van der Waals surface area contributed by atoms with Crippen LogP contribution in [0.15, 0.2) is 53.0 Å². The number of aryl methyl sites for hydroxylation is 1. The standard InChI is InChI=1S/C21H20BrClN2OS/c1-3-5-19(26)25(17-12-8-15(22)9-13-17)21-24-20(18(4-2)27-21)14-6-10-16(23)11-7-14/h6-13H,3-5H2,1-2H3. The first-order valence-electron chi connectivity index (χ1n) is 8.87. The summed E-state index contributed by atoms with van der Waals surface area (Å²) in [5, 5.41) is 1.40. The van der Waals surface area contributed by atoms with E-state index < -0.39 is 0 Å². The van der Waals surface area contributed by atoms with Gasteiger partial charge in [-0.05, 0) is 49.2 Å². The number of anilines is 2. The average molecular weight is 464 g/mol. The number of carbonyl (C=O) groups excluding carboxylic acids is 1. The molecule has 6 heteroatoms. The van der Waals surface area contributed by atoms with Gasteiger partial charge in [0.05, 0.1) is 11.4 Å². The van der Waals surface area contributed by atoms with Gasteiger partial charge >= 0.3 is 0 Å². The van der Waals surface area contributed by atoms with Crippen molar-refractivity contribution >= 4 is 55.6 Å². The molecule has 1 aromatic heterocycles. The van der Waals surface area contributed by atoms with Crippen molar-refractivity contribution in [1.29, 1.82) is 0 Å². The van der Waals surface area contributed by atoms with E-state index in [1.807, 2.05) is 55.5 Å². The molecule has 0 fully saturated rings. The van der Waals surface area contributed by atoms with E-state index in [1.165, 1.54) is 0 Å². The van der Waals surface area contributed by atoms with E-state index in [2.05, 4.69) is 22.9 Å². The number of halogens is 2. The van der Waals surface area contributed by atoms with Gasteiger partial charge in [0.15, 0.2) is 5.13 Å². The van der Waals surface area contributed by atoms with Crippen LogP contribution >= 0.6 is 38.9 Å². The lowest BCUT2D eigenvalue weighted by atomic mass is 10.1. The molecule has 0 spiro atoms. The molecule has 140 valence electrons. The molecule has 0 saturated carbocycles. The topological polar surface area (TPSA) is 33.2 Å². The summed E-state index contributed by atoms with van der Waals surface area (Å²) in [5.41, 5.74) is 2.76. The number of hydrogen-bond acceptors (Lipinski definition) is 3. The zero-order valence-corrected chi connectivity index (χ0v) is 18.4. The lowest BCUT2D eigenvalue weighted by Gasteiger charge is -2.20. The van der Waals surface area contributed by atoms with Gasteiger partial charge in [0.25, 0.3) is 0 Å². The number of amides is 1. The Kier molecular flexibility index (Phi) is 6.68. The molecule has 0 N–H and O–H groups in total. The van der Waals surface area contributed by atoms with Crippen LogP contribution in [-0.4, -0.2) is 10.9 Å². The van der Waals surface area contributed by atoms with Crippen molar-refractivity contribution in [2.24, 2.45) is 0 Å². The van der Waals surface area contributed by atoms with E-state index in [0.29, 0.717) is 16.6 Å². The molecule has 3 nitrogen and oxygen atoms in total. The van der Waals surface area contributed by atoms with Crippen molar-refractivity contribution in [2.75, 3.05) is 4.90 Å². The SMILES string of the molecule is CCCC(=O)N(c1ccc(Br)cc1)c1nc(-c2ccc(Cl)cc2)c(CC)s1. The fourth-order valence-corrected chi connectivity index (χ4v) is 4.24. The van der Waals surface area contributed by atoms with Crippen molar-refractivity contribution < 1.29 is 4.79 Å². The predicted octanol–water partition coefficient (Wildman–Crippen LogP) is 7.25. The minimum atomic E-state index is 0.0545. The highest BCUT2D eigenvalue weighted by molar-refractivity contribution is 9.10. The van der Waals surface area contributed by atoms with Crippen LogP contribution < -0.4 is 4.90 Å². The lowest BCUT2D eigenvalue weighted by Crippen LogP contribution is -2.25. The summed E-state index contributed by atoms with van der Waals surface area (Å²) in [6.07, 6.45) is 2.13. The van der Waals surface area contributed by atoms with Gasteiger partial charge in [-0.15, -0.1) is 11.3 Å². The van der Waals surface area contributed by atoms with Crippen LogP contribution in [0, 0.1) is 0 Å². The summed E-state index contributed by atoms with van der Waals surface area (Å²) in [6, 6.07) is 15.4. The molecule has 3 aromatic rings. The zero-order valence-electron chi connectivity index (χ0n) is 15.2. The van der Waals surface area contributed by atoms with Gasteiger partial charge in [-0.25, -0.2) is 4.98 Å². The molecule has 0 saturated heterocycles. The van der Waals surface area contributed by atoms with Crippen LogP contribution in [0.4, 0.5) is 10.8 Å². The Labute approximate surface area is 177 Å². The summed E-state index contributed by atoms with van der Waals surface area (Å²) >= 11 is 11.0. The molecule has 27 heavy (non-hydrogen) atoms. The van der Waals surface area contributed by atoms with E-state index >= 15 is 0 Å². The first kappa shape index (κ1) is 20.1. The van der Waals surface area contributed by atoms with Crippen LogP contribution in [0.5, 0.6) is 0 Å². The third-order valence-corrected chi connectivity index (χ3v) is 6.08. The smallest absolute Gasteiger partial charge is 0.233 e. The Morgan fingerprint density at radius 3 is 2.37 bits per heavy atom. The number of hydrogen-bond donors (Lipinski definition) is 0. The maximum Gasteiger partial charge on any atom is 0.233 e. The summed E-state index contributed by atoms with van der Waals surface area (Å²) in [7, 11) is 0. The van der Waals surface area contributed by atoms with Crippen LogP contribution in [0.25, 0.3) is 11.3 Å².